The summed E-state index contributed by atoms with van der Waals surface area (Å²) in [7, 11) is -4.13. The van der Waals surface area contributed by atoms with Crippen molar-refractivity contribution in [3.05, 3.63) is 53.3 Å². The largest absolute Gasteiger partial charge is 0.504 e. The average Bonchev–Trinajstić information content (AvgIpc) is 2.35. The molecule has 0 saturated heterocycles. The molecule has 7 heteroatoms. The Morgan fingerprint density at radius 2 is 1.79 bits per heavy atom. The Morgan fingerprint density at radius 3 is 2.47 bits per heavy atom. The number of nitrogens with one attached hydrogen (secondary N) is 1. The second-order valence-electron chi connectivity index (χ2n) is 3.67. The van der Waals surface area contributed by atoms with Gasteiger partial charge in [-0.05, 0) is 24.3 Å². The molecule has 0 spiro atoms. The van der Waals surface area contributed by atoms with Crippen LogP contribution >= 0.6 is 11.6 Å². The first-order valence-corrected chi connectivity index (χ1v) is 7.03. The number of hydrogen-bond donors (Lipinski definition) is 2. The van der Waals surface area contributed by atoms with Gasteiger partial charge in [-0.15, -0.1) is 0 Å². The Hall–Kier alpha value is -1.79. The van der Waals surface area contributed by atoms with Gasteiger partial charge in [0.2, 0.25) is 0 Å². The fraction of sp³-hybridized carbons (Fsp3) is 0. The van der Waals surface area contributed by atoms with Crippen LogP contribution in [-0.2, 0) is 10.0 Å². The summed E-state index contributed by atoms with van der Waals surface area (Å²) in [6.07, 6.45) is 0. The van der Waals surface area contributed by atoms with Gasteiger partial charge in [-0.2, -0.15) is 0 Å². The Balaban J connectivity index is 2.43. The lowest BCUT2D eigenvalue weighted by Crippen LogP contribution is -2.14. The lowest BCUT2D eigenvalue weighted by molar-refractivity contribution is 0.478. The van der Waals surface area contributed by atoms with Crippen LogP contribution in [0.15, 0.2) is 47.4 Å². The van der Waals surface area contributed by atoms with Crippen LogP contribution < -0.4 is 4.72 Å². The van der Waals surface area contributed by atoms with Gasteiger partial charge in [0.25, 0.3) is 10.0 Å². The molecule has 0 aliphatic heterocycles. The molecule has 2 aromatic rings. The number of phenolic OH excluding ortho intramolecular Hbond substituents is 1. The number of halogens is 2. The summed E-state index contributed by atoms with van der Waals surface area (Å²) in [5.74, 6) is -1.29. The standard InChI is InChI=1S/C12H9ClFNO3S/c13-8-4-3-6-10(12(8)16)15-19(17,18)11-7-2-1-5-9(11)14/h1-7,15-16H. The van der Waals surface area contributed by atoms with Gasteiger partial charge in [0.1, 0.15) is 10.7 Å². The minimum absolute atomic E-state index is 0.00580. The van der Waals surface area contributed by atoms with Gasteiger partial charge in [0.05, 0.1) is 10.7 Å². The van der Waals surface area contributed by atoms with Crippen LogP contribution in [0, 0.1) is 5.82 Å². The molecule has 0 amide bonds. The zero-order chi connectivity index (χ0) is 14.0. The molecule has 2 aromatic carbocycles. The van der Waals surface area contributed by atoms with Gasteiger partial charge in [0.15, 0.2) is 5.75 Å². The van der Waals surface area contributed by atoms with Gasteiger partial charge < -0.3 is 5.11 Å². The van der Waals surface area contributed by atoms with Crippen LogP contribution in [0.25, 0.3) is 0 Å². The third-order valence-electron chi connectivity index (χ3n) is 2.36. The number of phenols is 1. The number of benzene rings is 2. The zero-order valence-corrected chi connectivity index (χ0v) is 11.0. The Morgan fingerprint density at radius 1 is 1.11 bits per heavy atom. The maximum atomic E-state index is 13.5. The molecule has 0 radical (unpaired) electrons. The third-order valence-corrected chi connectivity index (χ3v) is 4.06. The summed E-state index contributed by atoms with van der Waals surface area (Å²) >= 11 is 5.66. The van der Waals surface area contributed by atoms with Crippen molar-refractivity contribution in [2.75, 3.05) is 4.72 Å². The molecular formula is C12H9ClFNO3S. The highest BCUT2D eigenvalue weighted by Crippen LogP contribution is 2.32. The minimum Gasteiger partial charge on any atom is -0.504 e. The lowest BCUT2D eigenvalue weighted by Gasteiger charge is -2.10. The van der Waals surface area contributed by atoms with E-state index in [0.717, 1.165) is 12.1 Å². The van der Waals surface area contributed by atoms with Crippen LogP contribution in [0.5, 0.6) is 5.75 Å². The van der Waals surface area contributed by atoms with Crippen molar-refractivity contribution in [2.24, 2.45) is 0 Å². The number of aromatic hydroxyl groups is 1. The summed E-state index contributed by atoms with van der Waals surface area (Å²) < 4.78 is 39.5. The first-order valence-electron chi connectivity index (χ1n) is 5.16. The molecule has 0 aliphatic carbocycles. The molecule has 0 aliphatic rings. The predicted octanol–water partition coefficient (Wildman–Crippen LogP) is 2.99. The first kappa shape index (κ1) is 13.6. The second kappa shape index (κ2) is 5.07. The van der Waals surface area contributed by atoms with E-state index < -0.39 is 26.5 Å². The molecule has 4 nitrogen and oxygen atoms in total. The number of para-hydroxylation sites is 1. The fourth-order valence-corrected chi connectivity index (χ4v) is 2.78. The fourth-order valence-electron chi connectivity index (χ4n) is 1.46. The Bertz CT molecular complexity index is 719. The van der Waals surface area contributed by atoms with E-state index >= 15 is 0 Å². The normalized spacial score (nSPS) is 11.3. The van der Waals surface area contributed by atoms with Gasteiger partial charge >= 0.3 is 0 Å². The molecular weight excluding hydrogens is 293 g/mol. The Kier molecular flexibility index (Phi) is 3.64. The van der Waals surface area contributed by atoms with E-state index in [-0.39, 0.29) is 10.7 Å². The summed E-state index contributed by atoms with van der Waals surface area (Å²) in [4.78, 5) is -0.505. The molecule has 2 rings (SSSR count). The molecule has 2 N–H and O–H groups in total. The van der Waals surface area contributed by atoms with Gasteiger partial charge in [-0.1, -0.05) is 29.8 Å². The summed E-state index contributed by atoms with van der Waals surface area (Å²) in [5, 5.41) is 9.62. The maximum Gasteiger partial charge on any atom is 0.264 e. The van der Waals surface area contributed by atoms with Crippen molar-refractivity contribution >= 4 is 27.3 Å². The highest BCUT2D eigenvalue weighted by molar-refractivity contribution is 7.92. The molecule has 0 atom stereocenters. The van der Waals surface area contributed by atoms with Crippen LogP contribution in [0.2, 0.25) is 5.02 Å². The number of sulfonamides is 1. The third kappa shape index (κ3) is 2.80. The molecule has 0 heterocycles. The molecule has 0 bridgehead atoms. The van der Waals surface area contributed by atoms with E-state index in [2.05, 4.69) is 4.72 Å². The lowest BCUT2D eigenvalue weighted by atomic mass is 10.3. The van der Waals surface area contributed by atoms with Crippen molar-refractivity contribution in [2.45, 2.75) is 4.90 Å². The molecule has 100 valence electrons. The molecule has 0 saturated carbocycles. The second-order valence-corrected chi connectivity index (χ2v) is 5.73. The molecule has 0 unspecified atom stereocenters. The van der Waals surface area contributed by atoms with E-state index in [9.17, 15) is 17.9 Å². The van der Waals surface area contributed by atoms with Crippen molar-refractivity contribution in [3.8, 4) is 5.75 Å². The summed E-state index contributed by atoms with van der Waals surface area (Å²) in [6.45, 7) is 0. The van der Waals surface area contributed by atoms with Gasteiger partial charge in [-0.3, -0.25) is 4.72 Å². The van der Waals surface area contributed by atoms with E-state index in [1.165, 1.54) is 30.3 Å². The molecule has 0 fully saturated rings. The summed E-state index contributed by atoms with van der Waals surface area (Å²) in [6, 6.07) is 9.12. The van der Waals surface area contributed by atoms with Crippen LogP contribution in [0.3, 0.4) is 0 Å². The van der Waals surface area contributed by atoms with E-state index in [1.807, 2.05) is 0 Å². The first-order chi connectivity index (χ1) is 8.92. The number of anilines is 1. The van der Waals surface area contributed by atoms with Crippen molar-refractivity contribution < 1.29 is 17.9 Å². The molecule has 0 aromatic heterocycles. The van der Waals surface area contributed by atoms with Crippen LogP contribution in [0.1, 0.15) is 0 Å². The highest BCUT2D eigenvalue weighted by atomic mass is 35.5. The van der Waals surface area contributed by atoms with Crippen molar-refractivity contribution in [1.29, 1.82) is 0 Å². The van der Waals surface area contributed by atoms with Crippen LogP contribution in [0.4, 0.5) is 10.1 Å². The van der Waals surface area contributed by atoms with Crippen molar-refractivity contribution in [1.82, 2.24) is 0 Å². The topological polar surface area (TPSA) is 66.4 Å². The van der Waals surface area contributed by atoms with Crippen LogP contribution in [-0.4, -0.2) is 13.5 Å². The zero-order valence-electron chi connectivity index (χ0n) is 9.47. The SMILES string of the molecule is O=S(=O)(Nc1cccc(Cl)c1O)c1ccccc1F. The van der Waals surface area contributed by atoms with E-state index in [1.54, 1.807) is 0 Å². The quantitative estimate of drug-likeness (QED) is 0.857. The smallest absolute Gasteiger partial charge is 0.264 e. The average molecular weight is 302 g/mol. The van der Waals surface area contributed by atoms with E-state index in [0.29, 0.717) is 0 Å². The Labute approximate surface area is 114 Å². The van der Waals surface area contributed by atoms with Crippen molar-refractivity contribution in [3.63, 3.8) is 0 Å². The van der Waals surface area contributed by atoms with E-state index in [4.69, 9.17) is 11.6 Å². The highest BCUT2D eigenvalue weighted by Gasteiger charge is 2.20. The maximum absolute atomic E-state index is 13.5. The summed E-state index contributed by atoms with van der Waals surface area (Å²) in [5.41, 5.74) is -0.115. The number of hydrogen-bond acceptors (Lipinski definition) is 3. The minimum atomic E-state index is -4.13. The molecule has 19 heavy (non-hydrogen) atoms. The predicted molar refractivity (Wildman–Crippen MR) is 70.3 cm³/mol. The van der Waals surface area contributed by atoms with Gasteiger partial charge in [0, 0.05) is 0 Å². The monoisotopic (exact) mass is 301 g/mol. The number of rotatable bonds is 3. The van der Waals surface area contributed by atoms with Gasteiger partial charge in [-0.25, -0.2) is 12.8 Å².